The number of hydrogen-bond acceptors (Lipinski definition) is 7. The van der Waals surface area contributed by atoms with Crippen molar-refractivity contribution in [3.63, 3.8) is 0 Å². The van der Waals surface area contributed by atoms with Gasteiger partial charge in [0.2, 0.25) is 0 Å². The molecular weight excluding hydrogens is 751 g/mol. The number of para-hydroxylation sites is 2. The number of nitrogens with two attached hydrogens (primary N) is 1. The number of nitrogens with one attached hydrogen (secondary N) is 2. The molecule has 8 aromatic rings. The molecule has 0 atom stereocenters. The van der Waals surface area contributed by atoms with Gasteiger partial charge >= 0.3 is 0 Å². The van der Waals surface area contributed by atoms with Crippen LogP contribution in [-0.2, 0) is 6.42 Å². The number of aliphatic imine (C=N–C) groups is 2. The molecule has 0 aliphatic carbocycles. The Labute approximate surface area is 359 Å². The Kier molecular flexibility index (Phi) is 17.2. The van der Waals surface area contributed by atoms with Crippen LogP contribution < -0.4 is 16.4 Å². The average molecular weight is 800 g/mol. The maximum absolute atomic E-state index is 10.2. The predicted molar refractivity (Wildman–Crippen MR) is 257 cm³/mol. The molecule has 4 N–H and O–H groups in total. The first-order valence-corrected chi connectivity index (χ1v) is 19.4. The summed E-state index contributed by atoms with van der Waals surface area (Å²) in [4.78, 5) is 29.6. The molecule has 0 heterocycles. The molecule has 0 fully saturated rings. The van der Waals surface area contributed by atoms with Crippen LogP contribution in [0.25, 0.3) is 0 Å². The molecule has 0 aliphatic rings. The van der Waals surface area contributed by atoms with Gasteiger partial charge in [-0.15, -0.1) is 0 Å². The lowest BCUT2D eigenvalue weighted by Gasteiger charge is -2.06. The summed E-state index contributed by atoms with van der Waals surface area (Å²) in [5.74, 6) is 0. The summed E-state index contributed by atoms with van der Waals surface area (Å²) in [6.45, 7) is 0. The lowest BCUT2D eigenvalue weighted by Crippen LogP contribution is -1.89. The minimum absolute atomic E-state index is 0. The van der Waals surface area contributed by atoms with Crippen molar-refractivity contribution in [3.05, 3.63) is 246 Å². The van der Waals surface area contributed by atoms with E-state index >= 15 is 0 Å². The number of benzene rings is 8. The number of aldehydes is 2. The van der Waals surface area contributed by atoms with E-state index < -0.39 is 0 Å². The highest BCUT2D eigenvalue weighted by Gasteiger charge is 1.98. The van der Waals surface area contributed by atoms with Gasteiger partial charge in [-0.05, 0) is 126 Å². The third kappa shape index (κ3) is 15.3. The van der Waals surface area contributed by atoms with E-state index in [2.05, 4.69) is 63.1 Å². The molecule has 302 valence electrons. The van der Waals surface area contributed by atoms with Gasteiger partial charge in [0.1, 0.15) is 12.6 Å². The molecule has 0 saturated carbocycles. The molecule has 7 nitrogen and oxygen atoms in total. The third-order valence-corrected chi connectivity index (χ3v) is 8.91. The maximum atomic E-state index is 10.2. The molecule has 0 unspecified atom stereocenters. The van der Waals surface area contributed by atoms with E-state index in [0.29, 0.717) is 23.7 Å². The third-order valence-electron chi connectivity index (χ3n) is 8.91. The predicted octanol–water partition coefficient (Wildman–Crippen LogP) is 13.5. The van der Waals surface area contributed by atoms with Crippen LogP contribution in [-0.4, -0.2) is 25.0 Å². The van der Waals surface area contributed by atoms with Gasteiger partial charge in [0.05, 0.1) is 11.4 Å². The molecule has 0 bridgehead atoms. The quantitative estimate of drug-likeness (QED) is 0.0648. The Hall–Kier alpha value is -8.16. The maximum Gasteiger partial charge on any atom is 0.150 e. The summed E-state index contributed by atoms with van der Waals surface area (Å²) in [7, 11) is 0. The van der Waals surface area contributed by atoms with Gasteiger partial charge in [0.25, 0.3) is 0 Å². The van der Waals surface area contributed by atoms with Gasteiger partial charge in [0.15, 0.2) is 0 Å². The molecular formula is C54H49N5O2. The molecule has 0 spiro atoms. The molecule has 8 aromatic carbocycles. The van der Waals surface area contributed by atoms with Crippen molar-refractivity contribution < 1.29 is 9.59 Å². The number of carbonyl (C=O) groups is 2. The number of hydrogen-bond donors (Lipinski definition) is 3. The number of carbonyl (C=O) groups excluding carboxylic acids is 2. The van der Waals surface area contributed by atoms with Crippen LogP contribution in [0.4, 0.5) is 39.8 Å². The van der Waals surface area contributed by atoms with Gasteiger partial charge in [-0.1, -0.05) is 123 Å². The molecule has 61 heavy (non-hydrogen) atoms. The number of nitrogens with zero attached hydrogens (tertiary/aromatic N) is 2. The summed E-state index contributed by atoms with van der Waals surface area (Å²) < 4.78 is 0. The fraction of sp³-hybridized carbons (Fsp3) is 0.0370. The topological polar surface area (TPSA) is 109 Å². The fourth-order valence-corrected chi connectivity index (χ4v) is 5.83. The van der Waals surface area contributed by atoms with Crippen molar-refractivity contribution in [2.75, 3.05) is 16.4 Å². The summed E-state index contributed by atoms with van der Waals surface area (Å²) >= 11 is 0. The Morgan fingerprint density at radius 2 is 0.754 bits per heavy atom. The Balaban J connectivity index is 0.000000229. The zero-order valence-electron chi connectivity index (χ0n) is 33.0. The van der Waals surface area contributed by atoms with E-state index in [4.69, 9.17) is 5.73 Å². The van der Waals surface area contributed by atoms with Crippen LogP contribution in [0.5, 0.6) is 0 Å². The van der Waals surface area contributed by atoms with Gasteiger partial charge in [-0.25, -0.2) is 0 Å². The zero-order chi connectivity index (χ0) is 41.6. The minimum Gasteiger partial charge on any atom is -0.399 e. The normalized spacial score (nSPS) is 10.3. The monoisotopic (exact) mass is 799 g/mol. The number of nitrogen functional groups attached to an aromatic ring is 1. The first-order chi connectivity index (χ1) is 29.5. The summed E-state index contributed by atoms with van der Waals surface area (Å²) in [5.41, 5.74) is 18.2. The number of anilines is 5. The molecule has 8 rings (SSSR count). The summed E-state index contributed by atoms with van der Waals surface area (Å²) in [5, 5.41) is 6.77. The Morgan fingerprint density at radius 3 is 1.18 bits per heavy atom. The van der Waals surface area contributed by atoms with Gasteiger partial charge in [0, 0.05) is 52.0 Å². The summed E-state index contributed by atoms with van der Waals surface area (Å²) in [6.07, 6.45) is 6.16. The zero-order valence-corrected chi connectivity index (χ0v) is 33.0. The van der Waals surface area contributed by atoms with Crippen molar-refractivity contribution in [1.82, 2.24) is 0 Å². The molecule has 7 heteroatoms. The lowest BCUT2D eigenvalue weighted by atomic mass is 10.1. The molecule has 0 amide bonds. The average Bonchev–Trinajstić information content (AvgIpc) is 3.31. The number of rotatable bonds is 12. The van der Waals surface area contributed by atoms with Crippen LogP contribution in [0.1, 0.15) is 50.4 Å². The van der Waals surface area contributed by atoms with Crippen LogP contribution in [0.2, 0.25) is 0 Å². The largest absolute Gasteiger partial charge is 0.399 e. The van der Waals surface area contributed by atoms with E-state index in [9.17, 15) is 9.59 Å². The highest BCUT2D eigenvalue weighted by Crippen LogP contribution is 2.22. The van der Waals surface area contributed by atoms with Crippen LogP contribution in [0.3, 0.4) is 0 Å². The van der Waals surface area contributed by atoms with Gasteiger partial charge in [-0.2, -0.15) is 0 Å². The van der Waals surface area contributed by atoms with E-state index in [1.165, 1.54) is 11.1 Å². The van der Waals surface area contributed by atoms with Gasteiger partial charge in [-0.3, -0.25) is 19.6 Å². The molecule has 0 aromatic heterocycles. The molecule has 0 radical (unpaired) electrons. The highest BCUT2D eigenvalue weighted by atomic mass is 16.1. The lowest BCUT2D eigenvalue weighted by molar-refractivity contribution is 0.112. The Bertz CT molecular complexity index is 2440. The highest BCUT2D eigenvalue weighted by molar-refractivity contribution is 5.88. The first kappa shape index (κ1) is 44.0. The second-order valence-corrected chi connectivity index (χ2v) is 13.6. The van der Waals surface area contributed by atoms with E-state index in [1.54, 1.807) is 24.3 Å². The van der Waals surface area contributed by atoms with E-state index in [0.717, 1.165) is 57.4 Å². The Morgan fingerprint density at radius 1 is 0.393 bits per heavy atom. The van der Waals surface area contributed by atoms with Crippen molar-refractivity contribution in [3.8, 4) is 0 Å². The van der Waals surface area contributed by atoms with Crippen LogP contribution >= 0.6 is 0 Å². The summed E-state index contributed by atoms with van der Waals surface area (Å²) in [6, 6.07) is 69.5. The van der Waals surface area contributed by atoms with Gasteiger partial charge < -0.3 is 16.4 Å². The van der Waals surface area contributed by atoms with Crippen molar-refractivity contribution in [2.45, 2.75) is 13.8 Å². The fourth-order valence-electron chi connectivity index (χ4n) is 5.83. The standard InChI is InChI=1S/C32H26N4.C13H13N.C8H6O2.CH4/c1-3-10-29(11-4-1)35-31-18-14-27(15-19-31)33-23-25-8-7-9-26(22-25)24-34-28-16-20-32(21-17-28)36-30-12-5-2-6-13-30;14-13-8-6-12(7-9-13)10-11-4-2-1-3-5-11;9-5-7-2-1-3-8(4-7)6-10;/h1-24,35-36H;1-9H,10,14H2;1-6H;1H4. The molecule has 0 saturated heterocycles. The van der Waals surface area contributed by atoms with E-state index in [1.807, 2.05) is 158 Å². The molecule has 0 aliphatic heterocycles. The SMILES string of the molecule is C.C(=Nc1ccc(Nc2ccccc2)cc1)c1cccc(C=Nc2ccc(Nc3ccccc3)cc2)c1.Nc1ccc(Cc2ccccc2)cc1.O=Cc1cccc(C=O)c1. The van der Waals surface area contributed by atoms with Crippen LogP contribution in [0, 0.1) is 0 Å². The van der Waals surface area contributed by atoms with Crippen molar-refractivity contribution in [1.29, 1.82) is 0 Å². The smallest absolute Gasteiger partial charge is 0.150 e. The first-order valence-electron chi connectivity index (χ1n) is 19.4. The van der Waals surface area contributed by atoms with Crippen molar-refractivity contribution in [2.24, 2.45) is 9.98 Å². The second kappa shape index (κ2) is 23.9. The second-order valence-electron chi connectivity index (χ2n) is 13.6. The van der Waals surface area contributed by atoms with Crippen molar-refractivity contribution >= 4 is 64.8 Å². The minimum atomic E-state index is 0. The van der Waals surface area contributed by atoms with E-state index in [-0.39, 0.29) is 7.43 Å². The van der Waals surface area contributed by atoms with Crippen LogP contribution in [0.15, 0.2) is 222 Å².